The number of esters is 1. The van der Waals surface area contributed by atoms with Crippen LogP contribution in [0.1, 0.15) is 30.1 Å². The molecule has 120 valence electrons. The predicted octanol–water partition coefficient (Wildman–Crippen LogP) is 2.20. The topological polar surface area (TPSA) is 59.5 Å². The second-order valence-electron chi connectivity index (χ2n) is 5.08. The molecule has 0 amide bonds. The molecule has 0 bridgehead atoms. The third-order valence-electron chi connectivity index (χ3n) is 3.34. The normalized spacial score (nSPS) is 17.2. The van der Waals surface area contributed by atoms with Crippen LogP contribution in [0.2, 0.25) is 0 Å². The van der Waals surface area contributed by atoms with E-state index in [9.17, 15) is 22.8 Å². The van der Waals surface area contributed by atoms with Crippen LogP contribution in [0, 0.1) is 5.82 Å². The fraction of sp³-hybridized carbons (Fsp3) is 0.500. The Labute approximate surface area is 125 Å². The van der Waals surface area contributed by atoms with Gasteiger partial charge < -0.3 is 9.64 Å². The number of hydrogen-bond acceptors (Lipinski definition) is 5. The first kappa shape index (κ1) is 16.3. The molecule has 1 fully saturated rings. The molecule has 1 saturated heterocycles. The third-order valence-corrected chi connectivity index (χ3v) is 3.34. The monoisotopic (exact) mass is 316 g/mol. The van der Waals surface area contributed by atoms with E-state index in [0.29, 0.717) is 0 Å². The highest BCUT2D eigenvalue weighted by Gasteiger charge is 2.35. The number of halogens is 3. The highest BCUT2D eigenvalue weighted by atomic mass is 19.3. The van der Waals surface area contributed by atoms with Crippen molar-refractivity contribution in [3.05, 3.63) is 23.6 Å². The first-order valence-electron chi connectivity index (χ1n) is 6.73. The lowest BCUT2D eigenvalue weighted by Crippen LogP contribution is -2.40. The van der Waals surface area contributed by atoms with Crippen LogP contribution in [0.5, 0.6) is 0 Å². The maximum Gasteiger partial charge on any atom is 0.303 e. The molecular formula is C14H15F3N2O3. The SMILES string of the molecule is CC(=O)OCC(=O)c1cnc(N2CCC(F)(F)CC2)c(F)c1. The van der Waals surface area contributed by atoms with Crippen molar-refractivity contribution in [3.8, 4) is 0 Å². The van der Waals surface area contributed by atoms with E-state index in [1.807, 2.05) is 0 Å². The zero-order valence-corrected chi connectivity index (χ0v) is 11.9. The Hall–Kier alpha value is -2.12. The number of rotatable bonds is 4. The molecular weight excluding hydrogens is 301 g/mol. The van der Waals surface area contributed by atoms with Crippen LogP contribution in [0.3, 0.4) is 0 Å². The Balaban J connectivity index is 2.07. The molecule has 5 nitrogen and oxygen atoms in total. The lowest BCUT2D eigenvalue weighted by molar-refractivity contribution is -0.139. The zero-order chi connectivity index (χ0) is 16.3. The minimum atomic E-state index is -2.73. The van der Waals surface area contributed by atoms with Gasteiger partial charge in [-0.25, -0.2) is 18.2 Å². The van der Waals surface area contributed by atoms with Crippen molar-refractivity contribution < 1.29 is 27.5 Å². The lowest BCUT2D eigenvalue weighted by atomic mass is 10.1. The quantitative estimate of drug-likeness (QED) is 0.629. The van der Waals surface area contributed by atoms with Gasteiger partial charge in [0.05, 0.1) is 0 Å². The summed E-state index contributed by atoms with van der Waals surface area (Å²) in [4.78, 5) is 27.6. The standard InChI is InChI=1S/C14H15F3N2O3/c1-9(20)22-8-12(21)10-6-11(15)13(18-7-10)19-4-2-14(16,17)3-5-19/h6-7H,2-5,8H2,1H3. The van der Waals surface area contributed by atoms with Gasteiger partial charge in [-0.2, -0.15) is 0 Å². The van der Waals surface area contributed by atoms with Gasteiger partial charge >= 0.3 is 5.97 Å². The van der Waals surface area contributed by atoms with Crippen molar-refractivity contribution in [3.63, 3.8) is 0 Å². The molecule has 0 spiro atoms. The molecule has 0 N–H and O–H groups in total. The molecule has 0 radical (unpaired) electrons. The highest BCUT2D eigenvalue weighted by molar-refractivity contribution is 5.97. The molecule has 22 heavy (non-hydrogen) atoms. The van der Waals surface area contributed by atoms with Crippen LogP contribution < -0.4 is 4.90 Å². The smallest absolute Gasteiger partial charge is 0.303 e. The van der Waals surface area contributed by atoms with Gasteiger partial charge in [-0.3, -0.25) is 9.59 Å². The van der Waals surface area contributed by atoms with Crippen LogP contribution >= 0.6 is 0 Å². The number of carbonyl (C=O) groups excluding carboxylic acids is 2. The van der Waals surface area contributed by atoms with E-state index in [2.05, 4.69) is 9.72 Å². The summed E-state index contributed by atoms with van der Waals surface area (Å²) in [5.74, 6) is -4.75. The van der Waals surface area contributed by atoms with Gasteiger partial charge in [0.15, 0.2) is 18.2 Å². The molecule has 1 aliphatic rings. The second-order valence-corrected chi connectivity index (χ2v) is 5.08. The van der Waals surface area contributed by atoms with E-state index in [0.717, 1.165) is 19.2 Å². The van der Waals surface area contributed by atoms with Crippen molar-refractivity contribution in [2.75, 3.05) is 24.6 Å². The average molecular weight is 316 g/mol. The van der Waals surface area contributed by atoms with Crippen LogP contribution in [0.25, 0.3) is 0 Å². The van der Waals surface area contributed by atoms with E-state index in [-0.39, 0.29) is 37.3 Å². The fourth-order valence-electron chi connectivity index (χ4n) is 2.11. The van der Waals surface area contributed by atoms with Gasteiger partial charge in [-0.1, -0.05) is 0 Å². The maximum atomic E-state index is 14.0. The van der Waals surface area contributed by atoms with Crippen molar-refractivity contribution in [1.29, 1.82) is 0 Å². The van der Waals surface area contributed by atoms with Crippen molar-refractivity contribution in [1.82, 2.24) is 4.98 Å². The summed E-state index contributed by atoms with van der Waals surface area (Å²) in [7, 11) is 0. The van der Waals surface area contributed by atoms with E-state index in [1.54, 1.807) is 0 Å². The highest BCUT2D eigenvalue weighted by Crippen LogP contribution is 2.30. The Bertz CT molecular complexity index is 583. The average Bonchev–Trinajstić information content (AvgIpc) is 2.45. The lowest BCUT2D eigenvalue weighted by Gasteiger charge is -2.32. The molecule has 0 atom stereocenters. The maximum absolute atomic E-state index is 14.0. The number of alkyl halides is 2. The number of ether oxygens (including phenoxy) is 1. The summed E-state index contributed by atoms with van der Waals surface area (Å²) < 4.78 is 44.7. The summed E-state index contributed by atoms with van der Waals surface area (Å²) in [6.07, 6.45) is 0.430. The Morgan fingerprint density at radius 1 is 1.36 bits per heavy atom. The molecule has 8 heteroatoms. The van der Waals surface area contributed by atoms with Crippen LogP contribution in [0.15, 0.2) is 12.3 Å². The Morgan fingerprint density at radius 2 is 2.00 bits per heavy atom. The molecule has 0 saturated carbocycles. The van der Waals surface area contributed by atoms with Crippen LogP contribution in [-0.2, 0) is 9.53 Å². The summed E-state index contributed by atoms with van der Waals surface area (Å²) in [5, 5.41) is 0. The fourth-order valence-corrected chi connectivity index (χ4v) is 2.11. The Kier molecular flexibility index (Phi) is 4.68. The van der Waals surface area contributed by atoms with Crippen molar-refractivity contribution >= 4 is 17.6 Å². The molecule has 1 aromatic heterocycles. The number of Topliss-reactive ketones (excluding diaryl/α,β-unsaturated/α-hetero) is 1. The summed E-state index contributed by atoms with van der Waals surface area (Å²) in [6.45, 7) is 0.655. The molecule has 0 aliphatic carbocycles. The van der Waals surface area contributed by atoms with Crippen molar-refractivity contribution in [2.24, 2.45) is 0 Å². The number of piperidine rings is 1. The van der Waals surface area contributed by atoms with Gasteiger partial charge in [-0.05, 0) is 6.07 Å². The molecule has 0 unspecified atom stereocenters. The molecule has 0 aromatic carbocycles. The van der Waals surface area contributed by atoms with Gasteiger partial charge in [0.1, 0.15) is 0 Å². The molecule has 2 rings (SSSR count). The number of carbonyl (C=O) groups is 2. The number of nitrogens with zero attached hydrogens (tertiary/aromatic N) is 2. The molecule has 1 aromatic rings. The van der Waals surface area contributed by atoms with E-state index >= 15 is 0 Å². The molecule has 2 heterocycles. The number of ketones is 1. The van der Waals surface area contributed by atoms with E-state index in [1.165, 1.54) is 4.90 Å². The first-order chi connectivity index (χ1) is 10.3. The van der Waals surface area contributed by atoms with E-state index < -0.39 is 30.1 Å². The summed E-state index contributed by atoms with van der Waals surface area (Å²) in [5.41, 5.74) is -0.0372. The minimum Gasteiger partial charge on any atom is -0.457 e. The third kappa shape index (κ3) is 3.96. The summed E-state index contributed by atoms with van der Waals surface area (Å²) in [6, 6.07) is 0.973. The van der Waals surface area contributed by atoms with E-state index in [4.69, 9.17) is 0 Å². The van der Waals surface area contributed by atoms with Gasteiger partial charge in [0.25, 0.3) is 5.92 Å². The second kappa shape index (κ2) is 6.33. The number of hydrogen-bond donors (Lipinski definition) is 0. The minimum absolute atomic E-state index is 0.00232. The Morgan fingerprint density at radius 3 is 2.55 bits per heavy atom. The molecule has 1 aliphatic heterocycles. The van der Waals surface area contributed by atoms with Gasteiger partial charge in [0.2, 0.25) is 5.78 Å². The number of pyridine rings is 1. The van der Waals surface area contributed by atoms with Gasteiger partial charge in [-0.15, -0.1) is 0 Å². The van der Waals surface area contributed by atoms with Crippen molar-refractivity contribution in [2.45, 2.75) is 25.7 Å². The predicted molar refractivity (Wildman–Crippen MR) is 71.6 cm³/mol. The number of aromatic nitrogens is 1. The van der Waals surface area contributed by atoms with Gasteiger partial charge in [0, 0.05) is 44.6 Å². The number of anilines is 1. The van der Waals surface area contributed by atoms with Crippen LogP contribution in [0.4, 0.5) is 19.0 Å². The summed E-state index contributed by atoms with van der Waals surface area (Å²) >= 11 is 0. The van der Waals surface area contributed by atoms with Crippen LogP contribution in [-0.4, -0.2) is 42.4 Å². The first-order valence-corrected chi connectivity index (χ1v) is 6.73. The largest absolute Gasteiger partial charge is 0.457 e. The zero-order valence-electron chi connectivity index (χ0n) is 11.9.